The molecule has 3 N–H and O–H groups in total. The van der Waals surface area contributed by atoms with Gasteiger partial charge in [-0.25, -0.2) is 0 Å². The third-order valence-electron chi connectivity index (χ3n) is 3.41. The number of amides is 1. The van der Waals surface area contributed by atoms with Crippen molar-refractivity contribution in [2.75, 3.05) is 19.8 Å². The Morgan fingerprint density at radius 1 is 1.04 bits per heavy atom. The van der Waals surface area contributed by atoms with Crippen LogP contribution in [0.4, 0.5) is 0 Å². The zero-order valence-electron chi connectivity index (χ0n) is 14.3. The Kier molecular flexibility index (Phi) is 9.43. The number of carbonyl (C=O) groups is 1. The van der Waals surface area contributed by atoms with Gasteiger partial charge in [0.15, 0.2) is 6.61 Å². The van der Waals surface area contributed by atoms with E-state index in [0.29, 0.717) is 18.9 Å². The molecule has 5 nitrogen and oxygen atoms in total. The summed E-state index contributed by atoms with van der Waals surface area (Å²) in [6, 6.07) is 16.7. The third-order valence-corrected chi connectivity index (χ3v) is 3.41. The van der Waals surface area contributed by atoms with E-state index in [1.807, 2.05) is 42.5 Å². The molecule has 1 amide bonds. The first kappa shape index (κ1) is 20.8. The van der Waals surface area contributed by atoms with E-state index in [1.165, 1.54) is 0 Å². The molecular weight excluding hydrogens is 340 g/mol. The highest BCUT2D eigenvalue weighted by atomic mass is 35.5. The molecule has 2 aromatic rings. The molecule has 6 heteroatoms. The molecule has 136 valence electrons. The third kappa shape index (κ3) is 7.45. The maximum Gasteiger partial charge on any atom is 0.258 e. The maximum absolute atomic E-state index is 11.8. The van der Waals surface area contributed by atoms with Crippen molar-refractivity contribution in [1.82, 2.24) is 5.32 Å². The molecular formula is C19H25ClN2O3. The second-order valence-electron chi connectivity index (χ2n) is 5.43. The number of benzene rings is 2. The van der Waals surface area contributed by atoms with Crippen LogP contribution in [-0.2, 0) is 4.79 Å². The van der Waals surface area contributed by atoms with Crippen LogP contribution < -0.4 is 20.5 Å². The van der Waals surface area contributed by atoms with Crippen molar-refractivity contribution in [3.05, 3.63) is 60.2 Å². The van der Waals surface area contributed by atoms with Gasteiger partial charge in [-0.3, -0.25) is 4.79 Å². The fraction of sp³-hybridized carbons (Fsp3) is 0.316. The molecule has 0 aromatic heterocycles. The van der Waals surface area contributed by atoms with Crippen LogP contribution >= 0.6 is 12.4 Å². The van der Waals surface area contributed by atoms with Gasteiger partial charge in [0, 0.05) is 12.6 Å². The Bertz CT molecular complexity index is 620. The molecule has 1 unspecified atom stereocenters. The summed E-state index contributed by atoms with van der Waals surface area (Å²) in [6.45, 7) is 3.07. The first-order valence-corrected chi connectivity index (χ1v) is 8.12. The highest BCUT2D eigenvalue weighted by Crippen LogP contribution is 2.17. The van der Waals surface area contributed by atoms with E-state index >= 15 is 0 Å². The minimum absolute atomic E-state index is 0. The number of ether oxygens (including phenoxy) is 2. The van der Waals surface area contributed by atoms with Crippen LogP contribution in [-0.4, -0.2) is 25.7 Å². The van der Waals surface area contributed by atoms with Crippen molar-refractivity contribution < 1.29 is 14.3 Å². The molecule has 1 atom stereocenters. The second kappa shape index (κ2) is 11.3. The van der Waals surface area contributed by atoms with Crippen molar-refractivity contribution in [1.29, 1.82) is 0 Å². The molecule has 0 saturated heterocycles. The van der Waals surface area contributed by atoms with Crippen LogP contribution in [0.25, 0.3) is 0 Å². The Hall–Kier alpha value is -2.24. The van der Waals surface area contributed by atoms with Crippen LogP contribution in [0.3, 0.4) is 0 Å². The topological polar surface area (TPSA) is 73.6 Å². The highest BCUT2D eigenvalue weighted by Gasteiger charge is 2.08. The second-order valence-corrected chi connectivity index (χ2v) is 5.43. The van der Waals surface area contributed by atoms with Crippen molar-refractivity contribution >= 4 is 18.3 Å². The molecule has 0 fully saturated rings. The maximum atomic E-state index is 11.8. The number of rotatable bonds is 9. The van der Waals surface area contributed by atoms with E-state index in [0.717, 1.165) is 17.7 Å². The lowest BCUT2D eigenvalue weighted by molar-refractivity contribution is -0.123. The van der Waals surface area contributed by atoms with Crippen LogP contribution in [0, 0.1) is 0 Å². The van der Waals surface area contributed by atoms with Crippen molar-refractivity contribution in [2.45, 2.75) is 19.4 Å². The molecule has 0 aliphatic heterocycles. The number of nitrogens with two attached hydrogens (primary N) is 1. The highest BCUT2D eigenvalue weighted by molar-refractivity contribution is 5.85. The lowest BCUT2D eigenvalue weighted by Crippen LogP contribution is -2.34. The summed E-state index contributed by atoms with van der Waals surface area (Å²) in [6.07, 6.45) is 0.962. The lowest BCUT2D eigenvalue weighted by atomic mass is 10.1. The predicted octanol–water partition coefficient (Wildman–Crippen LogP) is 3.09. The van der Waals surface area contributed by atoms with Crippen molar-refractivity contribution in [3.8, 4) is 11.5 Å². The Labute approximate surface area is 154 Å². The largest absolute Gasteiger partial charge is 0.494 e. The number of hydrogen-bond acceptors (Lipinski definition) is 4. The van der Waals surface area contributed by atoms with E-state index in [4.69, 9.17) is 15.2 Å². The van der Waals surface area contributed by atoms with Gasteiger partial charge in [-0.1, -0.05) is 37.3 Å². The van der Waals surface area contributed by atoms with Gasteiger partial charge in [0.25, 0.3) is 5.91 Å². The first-order valence-electron chi connectivity index (χ1n) is 8.12. The minimum Gasteiger partial charge on any atom is -0.494 e. The summed E-state index contributed by atoms with van der Waals surface area (Å²) in [5.41, 5.74) is 7.03. The fourth-order valence-electron chi connectivity index (χ4n) is 2.09. The van der Waals surface area contributed by atoms with Gasteiger partial charge in [0.2, 0.25) is 0 Å². The Balaban J connectivity index is 0.00000312. The number of hydrogen-bond donors (Lipinski definition) is 2. The van der Waals surface area contributed by atoms with Gasteiger partial charge >= 0.3 is 0 Å². The number of nitrogens with one attached hydrogen (secondary N) is 1. The molecule has 0 bridgehead atoms. The molecule has 0 heterocycles. The summed E-state index contributed by atoms with van der Waals surface area (Å²) in [4.78, 5) is 11.8. The molecule has 0 radical (unpaired) electrons. The van der Waals surface area contributed by atoms with E-state index in [9.17, 15) is 4.79 Å². The smallest absolute Gasteiger partial charge is 0.258 e. The molecule has 2 aromatic carbocycles. The number of carbonyl (C=O) groups excluding carboxylic acids is 1. The van der Waals surface area contributed by atoms with Gasteiger partial charge < -0.3 is 20.5 Å². The SMILES string of the molecule is CCCOc1ccc(OCC(=O)NCC(N)c2ccccc2)cc1.Cl. The number of halogens is 1. The van der Waals surface area contributed by atoms with Crippen LogP contribution in [0.15, 0.2) is 54.6 Å². The van der Waals surface area contributed by atoms with E-state index in [-0.39, 0.29) is 31.0 Å². The van der Waals surface area contributed by atoms with Crippen LogP contribution in [0.5, 0.6) is 11.5 Å². The van der Waals surface area contributed by atoms with E-state index < -0.39 is 0 Å². The van der Waals surface area contributed by atoms with Gasteiger partial charge in [-0.2, -0.15) is 0 Å². The van der Waals surface area contributed by atoms with Crippen molar-refractivity contribution in [3.63, 3.8) is 0 Å². The van der Waals surface area contributed by atoms with E-state index in [1.54, 1.807) is 12.1 Å². The van der Waals surface area contributed by atoms with Gasteiger partial charge in [-0.15, -0.1) is 12.4 Å². The van der Waals surface area contributed by atoms with E-state index in [2.05, 4.69) is 12.2 Å². The molecule has 0 saturated carbocycles. The standard InChI is InChI=1S/C19H24N2O3.ClH/c1-2-12-23-16-8-10-17(11-9-16)24-14-19(22)21-13-18(20)15-6-4-3-5-7-15;/h3-11,18H,2,12-14,20H2,1H3,(H,21,22);1H. The van der Waals surface area contributed by atoms with Gasteiger partial charge in [-0.05, 0) is 36.2 Å². The fourth-order valence-corrected chi connectivity index (χ4v) is 2.09. The molecule has 2 rings (SSSR count). The monoisotopic (exact) mass is 364 g/mol. The summed E-state index contributed by atoms with van der Waals surface area (Å²) < 4.78 is 11.0. The Morgan fingerprint density at radius 3 is 2.24 bits per heavy atom. The molecule has 0 spiro atoms. The quantitative estimate of drug-likeness (QED) is 0.717. The zero-order chi connectivity index (χ0) is 17.2. The average Bonchev–Trinajstić information content (AvgIpc) is 2.64. The summed E-state index contributed by atoms with van der Waals surface area (Å²) in [7, 11) is 0. The molecule has 0 aliphatic carbocycles. The molecule has 25 heavy (non-hydrogen) atoms. The summed E-state index contributed by atoms with van der Waals surface area (Å²) >= 11 is 0. The zero-order valence-corrected chi connectivity index (χ0v) is 15.1. The van der Waals surface area contributed by atoms with Gasteiger partial charge in [0.1, 0.15) is 11.5 Å². The lowest BCUT2D eigenvalue weighted by Gasteiger charge is -2.13. The predicted molar refractivity (Wildman–Crippen MR) is 101 cm³/mol. The van der Waals surface area contributed by atoms with Gasteiger partial charge in [0.05, 0.1) is 6.61 Å². The van der Waals surface area contributed by atoms with Crippen LogP contribution in [0.2, 0.25) is 0 Å². The minimum atomic E-state index is -0.231. The van der Waals surface area contributed by atoms with Crippen LogP contribution in [0.1, 0.15) is 24.9 Å². The Morgan fingerprint density at radius 2 is 1.64 bits per heavy atom. The first-order chi connectivity index (χ1) is 11.7. The molecule has 0 aliphatic rings. The average molecular weight is 365 g/mol. The van der Waals surface area contributed by atoms with Crippen molar-refractivity contribution in [2.24, 2.45) is 5.73 Å². The summed E-state index contributed by atoms with van der Waals surface area (Å²) in [5, 5.41) is 2.78. The summed E-state index contributed by atoms with van der Waals surface area (Å²) in [5.74, 6) is 1.22. The normalized spacial score (nSPS) is 11.1.